The minimum absolute atomic E-state index is 0.0984. The lowest BCUT2D eigenvalue weighted by molar-refractivity contribution is -0.0505. The van der Waals surface area contributed by atoms with Crippen LogP contribution < -0.4 is 4.74 Å². The molecule has 0 spiro atoms. The van der Waals surface area contributed by atoms with E-state index >= 15 is 0 Å². The average molecular weight is 330 g/mol. The second kappa shape index (κ2) is 5.74. The van der Waals surface area contributed by atoms with Crippen molar-refractivity contribution in [3.05, 3.63) is 29.3 Å². The van der Waals surface area contributed by atoms with E-state index in [1.54, 1.807) is 0 Å². The highest BCUT2D eigenvalue weighted by molar-refractivity contribution is 5.41. The highest BCUT2D eigenvalue weighted by atomic mass is 16.5. The van der Waals surface area contributed by atoms with Gasteiger partial charge in [0, 0.05) is 0 Å². The van der Waals surface area contributed by atoms with Gasteiger partial charge in [0.2, 0.25) is 0 Å². The topological polar surface area (TPSA) is 49.7 Å². The van der Waals surface area contributed by atoms with Crippen molar-refractivity contribution in [2.75, 3.05) is 0 Å². The largest absolute Gasteiger partial charge is 0.491 e. The number of ether oxygens (including phenoxy) is 1. The molecule has 0 unspecified atom stereocenters. The summed E-state index contributed by atoms with van der Waals surface area (Å²) in [6, 6.07) is 6.62. The van der Waals surface area contributed by atoms with Gasteiger partial charge in [-0.2, -0.15) is 0 Å². The van der Waals surface area contributed by atoms with Crippen LogP contribution in [0, 0.1) is 17.3 Å². The molecule has 2 N–H and O–H groups in total. The molecule has 6 atom stereocenters. The van der Waals surface area contributed by atoms with E-state index in [-0.39, 0.29) is 11.5 Å². The van der Waals surface area contributed by atoms with Crippen LogP contribution in [-0.4, -0.2) is 28.5 Å². The maximum Gasteiger partial charge on any atom is 0.119 e. The van der Waals surface area contributed by atoms with Crippen molar-refractivity contribution >= 4 is 0 Å². The summed E-state index contributed by atoms with van der Waals surface area (Å²) in [4.78, 5) is 0. The van der Waals surface area contributed by atoms with Crippen LogP contribution in [0.3, 0.4) is 0 Å². The summed E-state index contributed by atoms with van der Waals surface area (Å²) in [7, 11) is 0. The van der Waals surface area contributed by atoms with Gasteiger partial charge in [-0.1, -0.05) is 13.0 Å². The van der Waals surface area contributed by atoms with Crippen molar-refractivity contribution in [3.8, 4) is 5.75 Å². The van der Waals surface area contributed by atoms with E-state index in [2.05, 4.69) is 39.0 Å². The van der Waals surface area contributed by atoms with Gasteiger partial charge >= 0.3 is 0 Å². The molecule has 3 heteroatoms. The number of aryl methyl sites for hydroxylation is 1. The molecule has 2 saturated carbocycles. The van der Waals surface area contributed by atoms with Crippen LogP contribution in [0.5, 0.6) is 5.75 Å². The van der Waals surface area contributed by atoms with Crippen LogP contribution in [0.1, 0.15) is 63.5 Å². The summed E-state index contributed by atoms with van der Waals surface area (Å²) in [6.07, 6.45) is 4.28. The Labute approximate surface area is 145 Å². The normalized spacial score (nSPS) is 40.8. The van der Waals surface area contributed by atoms with Crippen LogP contribution in [0.25, 0.3) is 0 Å². The first kappa shape index (κ1) is 16.4. The maximum absolute atomic E-state index is 10.5. The summed E-state index contributed by atoms with van der Waals surface area (Å²) in [5.74, 6) is 2.60. The smallest absolute Gasteiger partial charge is 0.119 e. The van der Waals surface area contributed by atoms with Crippen LogP contribution >= 0.6 is 0 Å². The molecule has 0 radical (unpaired) electrons. The molecular formula is C21H30O3. The Bertz CT molecular complexity index is 626. The van der Waals surface area contributed by atoms with Crippen LogP contribution in [0.15, 0.2) is 18.2 Å². The first-order valence-electron chi connectivity index (χ1n) is 9.56. The van der Waals surface area contributed by atoms with Crippen LogP contribution in [0.2, 0.25) is 0 Å². The Morgan fingerprint density at radius 3 is 2.75 bits per heavy atom. The van der Waals surface area contributed by atoms with E-state index < -0.39 is 12.2 Å². The SMILES string of the molecule is CC(C)Oc1ccc2c(c1)CC[C@@H]1[C@@H]2CC[C@]2(C)[C@@H](O)[C@H](O)C[C@@H]12. The van der Waals surface area contributed by atoms with Gasteiger partial charge in [-0.15, -0.1) is 0 Å². The lowest BCUT2D eigenvalue weighted by atomic mass is 9.55. The Kier molecular flexibility index (Phi) is 3.92. The van der Waals surface area contributed by atoms with Crippen molar-refractivity contribution in [2.45, 2.75) is 77.1 Å². The van der Waals surface area contributed by atoms with Gasteiger partial charge in [-0.05, 0) is 92.4 Å². The highest BCUT2D eigenvalue weighted by Gasteiger charge is 2.57. The first-order valence-corrected chi connectivity index (χ1v) is 9.56. The molecule has 1 aromatic carbocycles. The zero-order chi connectivity index (χ0) is 17.1. The molecule has 132 valence electrons. The van der Waals surface area contributed by atoms with Gasteiger partial charge in [-0.25, -0.2) is 0 Å². The Morgan fingerprint density at radius 1 is 1.21 bits per heavy atom. The molecule has 0 heterocycles. The number of rotatable bonds is 2. The zero-order valence-corrected chi connectivity index (χ0v) is 15.0. The monoisotopic (exact) mass is 330 g/mol. The van der Waals surface area contributed by atoms with Crippen molar-refractivity contribution in [1.82, 2.24) is 0 Å². The van der Waals surface area contributed by atoms with E-state index in [0.717, 1.165) is 31.4 Å². The van der Waals surface area contributed by atoms with Crippen molar-refractivity contribution < 1.29 is 14.9 Å². The second-order valence-electron chi connectivity index (χ2n) is 8.74. The molecule has 4 rings (SSSR count). The number of aliphatic hydroxyl groups excluding tert-OH is 2. The van der Waals surface area contributed by atoms with Crippen LogP contribution in [0.4, 0.5) is 0 Å². The maximum atomic E-state index is 10.5. The lowest BCUT2D eigenvalue weighted by Gasteiger charge is -2.49. The number of hydrogen-bond acceptors (Lipinski definition) is 3. The average Bonchev–Trinajstić information content (AvgIpc) is 2.77. The Balaban J connectivity index is 1.63. The predicted molar refractivity (Wildman–Crippen MR) is 94.2 cm³/mol. The molecule has 0 aromatic heterocycles. The van der Waals surface area contributed by atoms with Gasteiger partial charge in [0.25, 0.3) is 0 Å². The Hall–Kier alpha value is -1.06. The molecule has 3 aliphatic rings. The van der Waals surface area contributed by atoms with Gasteiger partial charge in [0.1, 0.15) is 5.75 Å². The molecular weight excluding hydrogens is 300 g/mol. The summed E-state index contributed by atoms with van der Waals surface area (Å²) < 4.78 is 5.86. The standard InChI is InChI=1S/C21H30O3/c1-12(2)24-14-5-7-15-13(10-14)4-6-17-16(15)8-9-21(3)18(17)11-19(22)20(21)23/h5,7,10,12,16-20,22-23H,4,6,8-9,11H2,1-3H3/t16-,17-,18+,19-,20+,21+/m1/s1. The summed E-state index contributed by atoms with van der Waals surface area (Å²) >= 11 is 0. The van der Waals surface area contributed by atoms with Crippen molar-refractivity contribution in [3.63, 3.8) is 0 Å². The molecule has 2 fully saturated rings. The summed E-state index contributed by atoms with van der Waals surface area (Å²) in [5, 5.41) is 20.7. The van der Waals surface area contributed by atoms with Crippen LogP contribution in [-0.2, 0) is 6.42 Å². The fourth-order valence-electron chi connectivity index (χ4n) is 5.89. The van der Waals surface area contributed by atoms with E-state index in [1.807, 2.05) is 0 Å². The molecule has 1 aromatic rings. The third kappa shape index (κ3) is 2.40. The number of aliphatic hydroxyl groups is 2. The third-order valence-corrected chi connectivity index (χ3v) is 7.04. The molecule has 0 saturated heterocycles. The fourth-order valence-corrected chi connectivity index (χ4v) is 5.89. The molecule has 0 amide bonds. The van der Waals surface area contributed by atoms with E-state index in [4.69, 9.17) is 4.74 Å². The number of hydrogen-bond donors (Lipinski definition) is 2. The highest BCUT2D eigenvalue weighted by Crippen LogP contribution is 2.60. The van der Waals surface area contributed by atoms with E-state index in [0.29, 0.717) is 17.8 Å². The predicted octanol–water partition coefficient (Wildman–Crippen LogP) is 3.66. The molecule has 0 aliphatic heterocycles. The van der Waals surface area contributed by atoms with E-state index in [9.17, 15) is 10.2 Å². The number of fused-ring (bicyclic) bond motifs is 5. The zero-order valence-electron chi connectivity index (χ0n) is 15.0. The minimum Gasteiger partial charge on any atom is -0.491 e. The van der Waals surface area contributed by atoms with Crippen molar-refractivity contribution in [1.29, 1.82) is 0 Å². The summed E-state index contributed by atoms with van der Waals surface area (Å²) in [6.45, 7) is 6.33. The quantitative estimate of drug-likeness (QED) is 0.870. The fraction of sp³-hybridized carbons (Fsp3) is 0.714. The first-order chi connectivity index (χ1) is 11.4. The van der Waals surface area contributed by atoms with Gasteiger partial charge in [0.05, 0.1) is 18.3 Å². The van der Waals surface area contributed by atoms with Gasteiger partial charge in [0.15, 0.2) is 0 Å². The van der Waals surface area contributed by atoms with E-state index in [1.165, 1.54) is 17.5 Å². The van der Waals surface area contributed by atoms with Gasteiger partial charge < -0.3 is 14.9 Å². The third-order valence-electron chi connectivity index (χ3n) is 7.04. The molecule has 3 aliphatic carbocycles. The Morgan fingerprint density at radius 2 is 2.00 bits per heavy atom. The molecule has 0 bridgehead atoms. The van der Waals surface area contributed by atoms with Gasteiger partial charge in [-0.3, -0.25) is 0 Å². The lowest BCUT2D eigenvalue weighted by Crippen LogP contribution is -2.44. The molecule has 3 nitrogen and oxygen atoms in total. The minimum atomic E-state index is -0.549. The number of benzene rings is 1. The second-order valence-corrected chi connectivity index (χ2v) is 8.74. The summed E-state index contributed by atoms with van der Waals surface area (Å²) in [5.41, 5.74) is 2.83. The molecule has 24 heavy (non-hydrogen) atoms. The van der Waals surface area contributed by atoms with Crippen molar-refractivity contribution in [2.24, 2.45) is 17.3 Å².